The van der Waals surface area contributed by atoms with Gasteiger partial charge in [-0.05, 0) is 62.4 Å². The maximum absolute atomic E-state index is 12.4. The molecule has 0 saturated carbocycles. The minimum atomic E-state index is -0.358. The summed E-state index contributed by atoms with van der Waals surface area (Å²) in [5, 5.41) is 15.1. The van der Waals surface area contributed by atoms with Crippen molar-refractivity contribution in [2.75, 3.05) is 28.6 Å². The maximum atomic E-state index is 12.4. The van der Waals surface area contributed by atoms with E-state index >= 15 is 0 Å². The third kappa shape index (κ3) is 4.90. The number of hydrogen-bond donors (Lipinski definition) is 2. The summed E-state index contributed by atoms with van der Waals surface area (Å²) < 4.78 is 0. The smallest absolute Gasteiger partial charge is 0.274 e. The molecule has 3 rings (SSSR count). The molecule has 0 aliphatic rings. The zero-order valence-electron chi connectivity index (χ0n) is 16.5. The van der Waals surface area contributed by atoms with Crippen molar-refractivity contribution in [1.29, 1.82) is 5.26 Å². The van der Waals surface area contributed by atoms with Crippen LogP contribution in [0.2, 0.25) is 0 Å². The predicted octanol–water partition coefficient (Wildman–Crippen LogP) is 4.80. The van der Waals surface area contributed by atoms with E-state index in [4.69, 9.17) is 5.26 Å². The lowest BCUT2D eigenvalue weighted by Crippen LogP contribution is -2.21. The third-order valence-corrected chi connectivity index (χ3v) is 4.58. The van der Waals surface area contributed by atoms with E-state index in [0.29, 0.717) is 11.3 Å². The van der Waals surface area contributed by atoms with Gasteiger partial charge in [0.15, 0.2) is 0 Å². The standard InChI is InChI=1S/C23H23N5O/c1-3-28(4-2)20-12-9-18(10-13-20)26-19-11-14-22(25-16-19)23(29)27-21-8-6-5-7-17(21)15-24/h5-14,16,26H,3-4H2,1-2H3,(H,27,29). The molecule has 1 heterocycles. The van der Waals surface area contributed by atoms with E-state index in [1.54, 1.807) is 42.6 Å². The fourth-order valence-corrected chi connectivity index (χ4v) is 2.99. The van der Waals surface area contributed by atoms with Gasteiger partial charge in [0.05, 0.1) is 23.1 Å². The topological polar surface area (TPSA) is 81.0 Å². The molecule has 0 unspecified atom stereocenters. The number of rotatable bonds is 7. The minimum Gasteiger partial charge on any atom is -0.372 e. The van der Waals surface area contributed by atoms with Crippen LogP contribution in [0, 0.1) is 11.3 Å². The number of amides is 1. The first-order valence-electron chi connectivity index (χ1n) is 9.53. The van der Waals surface area contributed by atoms with E-state index in [1.807, 2.05) is 12.1 Å². The number of nitriles is 1. The molecule has 6 nitrogen and oxygen atoms in total. The lowest BCUT2D eigenvalue weighted by atomic mass is 10.2. The number of para-hydroxylation sites is 1. The molecule has 6 heteroatoms. The second-order valence-corrected chi connectivity index (χ2v) is 6.39. The van der Waals surface area contributed by atoms with Gasteiger partial charge in [-0.3, -0.25) is 4.79 Å². The van der Waals surface area contributed by atoms with E-state index in [1.165, 1.54) is 5.69 Å². The van der Waals surface area contributed by atoms with Crippen molar-refractivity contribution in [2.24, 2.45) is 0 Å². The van der Waals surface area contributed by atoms with Gasteiger partial charge < -0.3 is 15.5 Å². The van der Waals surface area contributed by atoms with Crippen LogP contribution in [0.4, 0.5) is 22.7 Å². The summed E-state index contributed by atoms with van der Waals surface area (Å²) in [7, 11) is 0. The van der Waals surface area contributed by atoms with Crippen LogP contribution in [0.25, 0.3) is 0 Å². The van der Waals surface area contributed by atoms with Gasteiger partial charge in [0.1, 0.15) is 11.8 Å². The summed E-state index contributed by atoms with van der Waals surface area (Å²) in [5.41, 5.74) is 4.07. The van der Waals surface area contributed by atoms with E-state index in [9.17, 15) is 4.79 Å². The lowest BCUT2D eigenvalue weighted by Gasteiger charge is -2.21. The molecule has 1 aromatic heterocycles. The van der Waals surface area contributed by atoms with Crippen LogP contribution < -0.4 is 15.5 Å². The van der Waals surface area contributed by atoms with Gasteiger partial charge in [-0.15, -0.1) is 0 Å². The molecule has 0 fully saturated rings. The highest BCUT2D eigenvalue weighted by Gasteiger charge is 2.10. The Morgan fingerprint density at radius 2 is 1.69 bits per heavy atom. The van der Waals surface area contributed by atoms with Crippen molar-refractivity contribution in [1.82, 2.24) is 4.98 Å². The van der Waals surface area contributed by atoms with Gasteiger partial charge >= 0.3 is 0 Å². The van der Waals surface area contributed by atoms with Crippen LogP contribution in [0.5, 0.6) is 0 Å². The largest absolute Gasteiger partial charge is 0.372 e. The molecule has 2 aromatic carbocycles. The fourth-order valence-electron chi connectivity index (χ4n) is 2.99. The minimum absolute atomic E-state index is 0.278. The van der Waals surface area contributed by atoms with Crippen LogP contribution in [0.15, 0.2) is 66.9 Å². The van der Waals surface area contributed by atoms with Crippen LogP contribution in [-0.4, -0.2) is 24.0 Å². The quantitative estimate of drug-likeness (QED) is 0.611. The monoisotopic (exact) mass is 385 g/mol. The molecule has 0 atom stereocenters. The first kappa shape index (κ1) is 19.9. The van der Waals surface area contributed by atoms with Crippen molar-refractivity contribution >= 4 is 28.7 Å². The van der Waals surface area contributed by atoms with Gasteiger partial charge in [-0.25, -0.2) is 4.98 Å². The van der Waals surface area contributed by atoms with E-state index < -0.39 is 0 Å². The fraction of sp³-hybridized carbons (Fsp3) is 0.174. The summed E-state index contributed by atoms with van der Waals surface area (Å²) in [4.78, 5) is 18.9. The summed E-state index contributed by atoms with van der Waals surface area (Å²) in [5.74, 6) is -0.358. The van der Waals surface area contributed by atoms with Crippen molar-refractivity contribution in [3.63, 3.8) is 0 Å². The van der Waals surface area contributed by atoms with Crippen molar-refractivity contribution in [3.05, 3.63) is 78.1 Å². The number of hydrogen-bond acceptors (Lipinski definition) is 5. The lowest BCUT2D eigenvalue weighted by molar-refractivity contribution is 0.102. The molecular formula is C23H23N5O. The highest BCUT2D eigenvalue weighted by atomic mass is 16.1. The molecule has 0 aliphatic heterocycles. The zero-order chi connectivity index (χ0) is 20.6. The molecule has 0 spiro atoms. The summed E-state index contributed by atoms with van der Waals surface area (Å²) >= 11 is 0. The van der Waals surface area contributed by atoms with Crippen molar-refractivity contribution in [3.8, 4) is 6.07 Å². The number of pyridine rings is 1. The van der Waals surface area contributed by atoms with Gasteiger partial charge in [0.2, 0.25) is 0 Å². The normalized spacial score (nSPS) is 10.1. The molecule has 146 valence electrons. The highest BCUT2D eigenvalue weighted by molar-refractivity contribution is 6.03. The molecule has 1 amide bonds. The van der Waals surface area contributed by atoms with Crippen LogP contribution in [0.3, 0.4) is 0 Å². The van der Waals surface area contributed by atoms with E-state index in [2.05, 4.69) is 52.6 Å². The average molecular weight is 385 g/mol. The Kier molecular flexibility index (Phi) is 6.43. The first-order chi connectivity index (χ1) is 14.1. The Labute approximate surface area is 170 Å². The number of anilines is 4. The Bertz CT molecular complexity index is 1000. The van der Waals surface area contributed by atoms with Crippen molar-refractivity contribution in [2.45, 2.75) is 13.8 Å². The SMILES string of the molecule is CCN(CC)c1ccc(Nc2ccc(C(=O)Nc3ccccc3C#N)nc2)cc1. The number of carbonyl (C=O) groups is 1. The summed E-state index contributed by atoms with van der Waals surface area (Å²) in [6, 6.07) is 20.6. The van der Waals surface area contributed by atoms with Gasteiger partial charge in [0.25, 0.3) is 5.91 Å². The number of benzene rings is 2. The third-order valence-electron chi connectivity index (χ3n) is 4.58. The molecule has 29 heavy (non-hydrogen) atoms. The molecule has 3 aromatic rings. The average Bonchev–Trinajstić information content (AvgIpc) is 2.76. The molecule has 0 bridgehead atoms. The zero-order valence-corrected chi connectivity index (χ0v) is 16.5. The predicted molar refractivity (Wildman–Crippen MR) is 117 cm³/mol. The maximum Gasteiger partial charge on any atom is 0.274 e. The van der Waals surface area contributed by atoms with E-state index in [-0.39, 0.29) is 11.6 Å². The second kappa shape index (κ2) is 9.38. The Hall–Kier alpha value is -3.85. The summed E-state index contributed by atoms with van der Waals surface area (Å²) in [6.45, 7) is 6.21. The number of carbonyl (C=O) groups excluding carboxylic acids is 1. The molecule has 0 saturated heterocycles. The molecule has 0 radical (unpaired) electrons. The number of nitrogens with one attached hydrogen (secondary N) is 2. The van der Waals surface area contributed by atoms with E-state index in [0.717, 1.165) is 24.5 Å². The molecule has 2 N–H and O–H groups in total. The number of aromatic nitrogens is 1. The van der Waals surface area contributed by atoms with Crippen LogP contribution in [0.1, 0.15) is 29.9 Å². The molecular weight excluding hydrogens is 362 g/mol. The number of nitrogens with zero attached hydrogens (tertiary/aromatic N) is 3. The molecule has 0 aliphatic carbocycles. The van der Waals surface area contributed by atoms with Crippen LogP contribution >= 0.6 is 0 Å². The van der Waals surface area contributed by atoms with Crippen molar-refractivity contribution < 1.29 is 4.79 Å². The second-order valence-electron chi connectivity index (χ2n) is 6.39. The summed E-state index contributed by atoms with van der Waals surface area (Å²) in [6.07, 6.45) is 1.61. The Morgan fingerprint density at radius 3 is 2.31 bits per heavy atom. The first-order valence-corrected chi connectivity index (χ1v) is 9.53. The van der Waals surface area contributed by atoms with Gasteiger partial charge in [-0.1, -0.05) is 12.1 Å². The Morgan fingerprint density at radius 1 is 1.00 bits per heavy atom. The highest BCUT2D eigenvalue weighted by Crippen LogP contribution is 2.21. The van der Waals surface area contributed by atoms with Crippen LogP contribution in [-0.2, 0) is 0 Å². The van der Waals surface area contributed by atoms with Gasteiger partial charge in [-0.2, -0.15) is 5.26 Å². The Balaban J connectivity index is 1.65. The van der Waals surface area contributed by atoms with Gasteiger partial charge in [0, 0.05) is 24.5 Å².